The Hall–Kier alpha value is -1.58. The van der Waals surface area contributed by atoms with Crippen molar-refractivity contribution in [1.82, 2.24) is 9.97 Å². The molecular weight excluding hydrogens is 166 g/mol. The lowest BCUT2D eigenvalue weighted by Crippen LogP contribution is -2.15. The first-order valence-corrected chi connectivity index (χ1v) is 4.23. The molecule has 13 heavy (non-hydrogen) atoms. The summed E-state index contributed by atoms with van der Waals surface area (Å²) in [6.07, 6.45) is 7.97. The van der Waals surface area contributed by atoms with E-state index in [0.717, 1.165) is 13.0 Å². The Morgan fingerprint density at radius 1 is 1.69 bits per heavy atom. The van der Waals surface area contributed by atoms with Gasteiger partial charge < -0.3 is 10.3 Å². The van der Waals surface area contributed by atoms with Crippen LogP contribution in [0.25, 0.3) is 0 Å². The second kappa shape index (κ2) is 5.13. The fourth-order valence-electron chi connectivity index (χ4n) is 0.918. The maximum absolute atomic E-state index is 11.1. The first-order chi connectivity index (χ1) is 6.34. The van der Waals surface area contributed by atoms with Gasteiger partial charge in [-0.05, 0) is 13.3 Å². The van der Waals surface area contributed by atoms with Crippen LogP contribution in [0.4, 0.5) is 5.82 Å². The van der Waals surface area contributed by atoms with Gasteiger partial charge in [0.05, 0.1) is 0 Å². The molecule has 1 heterocycles. The molecule has 0 saturated heterocycles. The summed E-state index contributed by atoms with van der Waals surface area (Å²) in [7, 11) is 0. The van der Waals surface area contributed by atoms with Crippen molar-refractivity contribution in [2.45, 2.75) is 13.3 Å². The molecule has 0 saturated carbocycles. The van der Waals surface area contributed by atoms with Crippen molar-refractivity contribution in [2.24, 2.45) is 0 Å². The number of nitrogens with one attached hydrogen (secondary N) is 2. The predicted octanol–water partition coefficient (Wildman–Crippen LogP) is 1.15. The van der Waals surface area contributed by atoms with Crippen LogP contribution >= 0.6 is 0 Å². The minimum absolute atomic E-state index is 0.178. The lowest BCUT2D eigenvalue weighted by Gasteiger charge is -2.00. The van der Waals surface area contributed by atoms with Gasteiger partial charge in [-0.1, -0.05) is 12.2 Å². The molecule has 1 rings (SSSR count). The Morgan fingerprint density at radius 3 is 3.23 bits per heavy atom. The summed E-state index contributed by atoms with van der Waals surface area (Å²) in [6.45, 7) is 2.69. The topological polar surface area (TPSA) is 57.8 Å². The van der Waals surface area contributed by atoms with E-state index in [1.807, 2.05) is 19.1 Å². The third kappa shape index (κ3) is 3.11. The SMILES string of the molecule is C/C=C/CCNc1ncc[nH]c1=O. The largest absolute Gasteiger partial charge is 0.365 e. The number of nitrogens with zero attached hydrogens (tertiary/aromatic N) is 1. The van der Waals surface area contributed by atoms with E-state index < -0.39 is 0 Å². The summed E-state index contributed by atoms with van der Waals surface area (Å²) in [5.74, 6) is 0.381. The molecule has 0 aliphatic heterocycles. The van der Waals surface area contributed by atoms with Gasteiger partial charge >= 0.3 is 0 Å². The van der Waals surface area contributed by atoms with Gasteiger partial charge in [0.1, 0.15) is 0 Å². The van der Waals surface area contributed by atoms with Gasteiger partial charge in [-0.25, -0.2) is 4.98 Å². The smallest absolute Gasteiger partial charge is 0.290 e. The molecule has 0 atom stereocenters. The molecular formula is C9H13N3O. The molecule has 0 aromatic carbocycles. The van der Waals surface area contributed by atoms with Gasteiger partial charge in [0, 0.05) is 18.9 Å². The van der Waals surface area contributed by atoms with Crippen molar-refractivity contribution >= 4 is 5.82 Å². The Balaban J connectivity index is 2.45. The molecule has 70 valence electrons. The van der Waals surface area contributed by atoms with E-state index in [1.54, 1.807) is 6.20 Å². The monoisotopic (exact) mass is 179 g/mol. The van der Waals surface area contributed by atoms with Gasteiger partial charge in [-0.3, -0.25) is 4.79 Å². The molecule has 0 radical (unpaired) electrons. The lowest BCUT2D eigenvalue weighted by molar-refractivity contribution is 1.02. The standard InChI is InChI=1S/C9H13N3O/c1-2-3-4-5-10-8-9(13)12-7-6-11-8/h2-3,6-7H,4-5H2,1H3,(H,10,11)(H,12,13)/b3-2+. The van der Waals surface area contributed by atoms with Gasteiger partial charge in [-0.2, -0.15) is 0 Å². The average Bonchev–Trinajstić information content (AvgIpc) is 2.15. The number of hydrogen-bond donors (Lipinski definition) is 2. The molecule has 4 nitrogen and oxygen atoms in total. The number of rotatable bonds is 4. The van der Waals surface area contributed by atoms with Crippen LogP contribution in [0.1, 0.15) is 13.3 Å². The van der Waals surface area contributed by atoms with Crippen LogP contribution in [-0.4, -0.2) is 16.5 Å². The van der Waals surface area contributed by atoms with E-state index in [2.05, 4.69) is 15.3 Å². The summed E-state index contributed by atoms with van der Waals surface area (Å²) in [5.41, 5.74) is -0.178. The zero-order valence-electron chi connectivity index (χ0n) is 7.58. The number of allylic oxidation sites excluding steroid dienone is 1. The Bertz CT molecular complexity index is 330. The molecule has 0 bridgehead atoms. The number of hydrogen-bond acceptors (Lipinski definition) is 3. The zero-order chi connectivity index (χ0) is 9.52. The number of aromatic amines is 1. The van der Waals surface area contributed by atoms with Gasteiger partial charge in [-0.15, -0.1) is 0 Å². The molecule has 2 N–H and O–H groups in total. The highest BCUT2D eigenvalue weighted by Crippen LogP contribution is 1.90. The fraction of sp³-hybridized carbons (Fsp3) is 0.333. The van der Waals surface area contributed by atoms with Crippen LogP contribution in [0.3, 0.4) is 0 Å². The summed E-state index contributed by atoms with van der Waals surface area (Å²) < 4.78 is 0. The summed E-state index contributed by atoms with van der Waals surface area (Å²) in [5, 5.41) is 2.94. The fourth-order valence-corrected chi connectivity index (χ4v) is 0.918. The van der Waals surface area contributed by atoms with Crippen LogP contribution in [0, 0.1) is 0 Å². The first-order valence-electron chi connectivity index (χ1n) is 4.23. The van der Waals surface area contributed by atoms with Gasteiger partial charge in [0.2, 0.25) is 0 Å². The Kier molecular flexibility index (Phi) is 3.75. The highest BCUT2D eigenvalue weighted by atomic mass is 16.1. The zero-order valence-corrected chi connectivity index (χ0v) is 7.58. The second-order valence-corrected chi connectivity index (χ2v) is 2.55. The van der Waals surface area contributed by atoms with Crippen LogP contribution < -0.4 is 10.9 Å². The van der Waals surface area contributed by atoms with Gasteiger partial charge in [0.15, 0.2) is 5.82 Å². The summed E-state index contributed by atoms with van der Waals surface area (Å²) >= 11 is 0. The Morgan fingerprint density at radius 2 is 2.54 bits per heavy atom. The van der Waals surface area contributed by atoms with E-state index in [-0.39, 0.29) is 5.56 Å². The molecule has 0 aliphatic carbocycles. The van der Waals surface area contributed by atoms with Crippen molar-refractivity contribution in [3.8, 4) is 0 Å². The second-order valence-electron chi connectivity index (χ2n) is 2.55. The summed E-state index contributed by atoms with van der Waals surface area (Å²) in [6, 6.07) is 0. The van der Waals surface area contributed by atoms with Crippen molar-refractivity contribution in [2.75, 3.05) is 11.9 Å². The Labute approximate surface area is 76.7 Å². The molecule has 0 amide bonds. The third-order valence-corrected chi connectivity index (χ3v) is 1.55. The van der Waals surface area contributed by atoms with E-state index >= 15 is 0 Å². The average molecular weight is 179 g/mol. The summed E-state index contributed by atoms with van der Waals surface area (Å²) in [4.78, 5) is 17.5. The minimum atomic E-state index is -0.178. The van der Waals surface area contributed by atoms with Crippen LogP contribution in [0.2, 0.25) is 0 Å². The van der Waals surface area contributed by atoms with Crippen molar-refractivity contribution in [3.63, 3.8) is 0 Å². The van der Waals surface area contributed by atoms with Crippen LogP contribution in [-0.2, 0) is 0 Å². The van der Waals surface area contributed by atoms with Crippen molar-refractivity contribution in [3.05, 3.63) is 34.9 Å². The third-order valence-electron chi connectivity index (χ3n) is 1.55. The molecule has 0 unspecified atom stereocenters. The number of anilines is 1. The van der Waals surface area contributed by atoms with E-state index in [0.29, 0.717) is 5.82 Å². The quantitative estimate of drug-likeness (QED) is 0.538. The highest BCUT2D eigenvalue weighted by Gasteiger charge is 1.95. The maximum Gasteiger partial charge on any atom is 0.290 e. The lowest BCUT2D eigenvalue weighted by atomic mass is 10.4. The van der Waals surface area contributed by atoms with Crippen molar-refractivity contribution < 1.29 is 0 Å². The number of aromatic nitrogens is 2. The van der Waals surface area contributed by atoms with E-state index in [1.165, 1.54) is 6.20 Å². The molecule has 0 aliphatic rings. The normalized spacial score (nSPS) is 10.5. The first kappa shape index (κ1) is 9.51. The van der Waals surface area contributed by atoms with Crippen molar-refractivity contribution in [1.29, 1.82) is 0 Å². The van der Waals surface area contributed by atoms with Crippen LogP contribution in [0.5, 0.6) is 0 Å². The predicted molar refractivity (Wildman–Crippen MR) is 52.8 cm³/mol. The van der Waals surface area contributed by atoms with E-state index in [9.17, 15) is 4.79 Å². The van der Waals surface area contributed by atoms with Gasteiger partial charge in [0.25, 0.3) is 5.56 Å². The van der Waals surface area contributed by atoms with E-state index in [4.69, 9.17) is 0 Å². The van der Waals surface area contributed by atoms with Crippen LogP contribution in [0.15, 0.2) is 29.3 Å². The minimum Gasteiger partial charge on any atom is -0.365 e. The molecule has 1 aromatic heterocycles. The highest BCUT2D eigenvalue weighted by molar-refractivity contribution is 5.29. The molecule has 0 fully saturated rings. The number of H-pyrrole nitrogens is 1. The molecule has 1 aromatic rings. The maximum atomic E-state index is 11.1. The molecule has 4 heteroatoms. The molecule has 0 spiro atoms.